The molecule has 1 amide bonds. The fraction of sp³-hybridized carbons (Fsp3) is 0.227. The van der Waals surface area contributed by atoms with Crippen molar-refractivity contribution in [3.8, 4) is 0 Å². The molecule has 1 aromatic heterocycles. The van der Waals surface area contributed by atoms with Crippen LogP contribution < -0.4 is 0 Å². The van der Waals surface area contributed by atoms with Gasteiger partial charge in [-0.15, -0.1) is 0 Å². The van der Waals surface area contributed by atoms with E-state index in [2.05, 4.69) is 0 Å². The summed E-state index contributed by atoms with van der Waals surface area (Å²) >= 11 is 0. The number of nitrogens with zero attached hydrogens (tertiary/aromatic N) is 1. The maximum atomic E-state index is 12.8. The molecule has 28 heavy (non-hydrogen) atoms. The molecule has 146 valence electrons. The quantitative estimate of drug-likeness (QED) is 0.577. The summed E-state index contributed by atoms with van der Waals surface area (Å²) < 4.78 is 30.5. The predicted molar refractivity (Wildman–Crippen MR) is 107 cm³/mol. The zero-order chi connectivity index (χ0) is 20.0. The van der Waals surface area contributed by atoms with Crippen LogP contribution in [-0.4, -0.2) is 25.0 Å². The van der Waals surface area contributed by atoms with E-state index in [1.54, 1.807) is 47.6 Å². The van der Waals surface area contributed by atoms with Crippen molar-refractivity contribution in [3.05, 3.63) is 89.9 Å². The molecule has 5 nitrogen and oxygen atoms in total. The number of furan rings is 1. The SMILES string of the molecule is Cc1ccc(S(=O)(=O)CCC(=O)N(Cc2ccccc2)Cc2ccco2)cc1. The molecule has 0 bridgehead atoms. The maximum Gasteiger partial charge on any atom is 0.224 e. The predicted octanol–water partition coefficient (Wildman–Crippen LogP) is 3.98. The molecular formula is C22H23NO4S. The first-order valence-corrected chi connectivity index (χ1v) is 10.7. The fourth-order valence-electron chi connectivity index (χ4n) is 2.87. The number of carbonyl (C=O) groups excluding carboxylic acids is 1. The maximum absolute atomic E-state index is 12.8. The number of aryl methyl sites for hydroxylation is 1. The molecule has 3 rings (SSSR count). The van der Waals surface area contributed by atoms with Gasteiger partial charge in [0.15, 0.2) is 9.84 Å². The highest BCUT2D eigenvalue weighted by molar-refractivity contribution is 7.91. The molecule has 0 saturated carbocycles. The Morgan fingerprint density at radius 3 is 2.29 bits per heavy atom. The van der Waals surface area contributed by atoms with Gasteiger partial charge in [0.1, 0.15) is 5.76 Å². The first kappa shape index (κ1) is 19.9. The molecule has 2 aromatic carbocycles. The lowest BCUT2D eigenvalue weighted by molar-refractivity contribution is -0.132. The van der Waals surface area contributed by atoms with Gasteiger partial charge in [-0.1, -0.05) is 48.0 Å². The van der Waals surface area contributed by atoms with Gasteiger partial charge in [-0.05, 0) is 36.8 Å². The van der Waals surface area contributed by atoms with Gasteiger partial charge in [-0.3, -0.25) is 4.79 Å². The van der Waals surface area contributed by atoms with Crippen molar-refractivity contribution in [1.29, 1.82) is 0 Å². The van der Waals surface area contributed by atoms with E-state index in [1.807, 2.05) is 37.3 Å². The van der Waals surface area contributed by atoms with Gasteiger partial charge in [0, 0.05) is 13.0 Å². The smallest absolute Gasteiger partial charge is 0.224 e. The van der Waals surface area contributed by atoms with E-state index in [4.69, 9.17) is 4.42 Å². The van der Waals surface area contributed by atoms with E-state index >= 15 is 0 Å². The van der Waals surface area contributed by atoms with Crippen LogP contribution in [0, 0.1) is 6.92 Å². The van der Waals surface area contributed by atoms with Crippen LogP contribution in [0.5, 0.6) is 0 Å². The van der Waals surface area contributed by atoms with Crippen LogP contribution in [-0.2, 0) is 27.7 Å². The summed E-state index contributed by atoms with van der Waals surface area (Å²) in [5.41, 5.74) is 1.96. The van der Waals surface area contributed by atoms with Crippen molar-refractivity contribution >= 4 is 15.7 Å². The fourth-order valence-corrected chi connectivity index (χ4v) is 4.10. The average Bonchev–Trinajstić information content (AvgIpc) is 3.20. The highest BCUT2D eigenvalue weighted by Crippen LogP contribution is 2.16. The molecule has 0 unspecified atom stereocenters. The molecule has 3 aromatic rings. The van der Waals surface area contributed by atoms with Gasteiger partial charge in [-0.2, -0.15) is 0 Å². The molecule has 0 aliphatic rings. The number of sulfone groups is 1. The van der Waals surface area contributed by atoms with Crippen molar-refractivity contribution in [2.24, 2.45) is 0 Å². The summed E-state index contributed by atoms with van der Waals surface area (Å²) in [5, 5.41) is 0. The Hall–Kier alpha value is -2.86. The van der Waals surface area contributed by atoms with Crippen molar-refractivity contribution < 1.29 is 17.6 Å². The normalized spacial score (nSPS) is 11.3. The Kier molecular flexibility index (Phi) is 6.31. The Balaban J connectivity index is 1.70. The second kappa shape index (κ2) is 8.89. The zero-order valence-corrected chi connectivity index (χ0v) is 16.6. The summed E-state index contributed by atoms with van der Waals surface area (Å²) in [4.78, 5) is 14.7. The van der Waals surface area contributed by atoms with Gasteiger partial charge >= 0.3 is 0 Å². The second-order valence-electron chi connectivity index (χ2n) is 6.70. The third kappa shape index (κ3) is 5.33. The monoisotopic (exact) mass is 397 g/mol. The first-order valence-electron chi connectivity index (χ1n) is 9.07. The van der Waals surface area contributed by atoms with Gasteiger partial charge in [0.2, 0.25) is 5.91 Å². The molecule has 0 radical (unpaired) electrons. The van der Waals surface area contributed by atoms with E-state index in [-0.39, 0.29) is 23.0 Å². The zero-order valence-electron chi connectivity index (χ0n) is 15.7. The summed E-state index contributed by atoms with van der Waals surface area (Å²) in [6.45, 7) is 2.59. The lowest BCUT2D eigenvalue weighted by atomic mass is 10.2. The summed E-state index contributed by atoms with van der Waals surface area (Å²) in [6.07, 6.45) is 1.48. The lowest BCUT2D eigenvalue weighted by Crippen LogP contribution is -2.31. The molecule has 0 fully saturated rings. The first-order chi connectivity index (χ1) is 13.4. The van der Waals surface area contributed by atoms with Crippen LogP contribution in [0.1, 0.15) is 23.3 Å². The van der Waals surface area contributed by atoms with Crippen LogP contribution in [0.2, 0.25) is 0 Å². The average molecular weight is 397 g/mol. The Labute approximate surface area is 165 Å². The second-order valence-corrected chi connectivity index (χ2v) is 8.81. The van der Waals surface area contributed by atoms with Crippen molar-refractivity contribution in [2.45, 2.75) is 31.3 Å². The van der Waals surface area contributed by atoms with Crippen molar-refractivity contribution in [1.82, 2.24) is 4.90 Å². The van der Waals surface area contributed by atoms with Crippen molar-refractivity contribution in [3.63, 3.8) is 0 Å². The van der Waals surface area contributed by atoms with Crippen LogP contribution in [0.3, 0.4) is 0 Å². The number of rotatable bonds is 8. The van der Waals surface area contributed by atoms with Gasteiger partial charge in [-0.25, -0.2) is 8.42 Å². The highest BCUT2D eigenvalue weighted by atomic mass is 32.2. The van der Waals surface area contributed by atoms with E-state index in [0.717, 1.165) is 11.1 Å². The van der Waals surface area contributed by atoms with Crippen LogP contribution in [0.4, 0.5) is 0 Å². The van der Waals surface area contributed by atoms with Gasteiger partial charge in [0.25, 0.3) is 0 Å². The Morgan fingerprint density at radius 2 is 1.64 bits per heavy atom. The van der Waals surface area contributed by atoms with Crippen LogP contribution in [0.25, 0.3) is 0 Å². The number of amides is 1. The molecule has 6 heteroatoms. The molecule has 1 heterocycles. The number of hydrogen-bond donors (Lipinski definition) is 0. The summed E-state index contributed by atoms with van der Waals surface area (Å²) in [7, 11) is -3.51. The highest BCUT2D eigenvalue weighted by Gasteiger charge is 2.21. The van der Waals surface area contributed by atoms with E-state index in [0.29, 0.717) is 18.8 Å². The molecule has 0 atom stereocenters. The van der Waals surface area contributed by atoms with Crippen molar-refractivity contribution in [2.75, 3.05) is 5.75 Å². The Bertz CT molecular complexity index is 994. The summed E-state index contributed by atoms with van der Waals surface area (Å²) in [5.74, 6) is 0.208. The van der Waals surface area contributed by atoms with E-state index in [9.17, 15) is 13.2 Å². The minimum atomic E-state index is -3.51. The Morgan fingerprint density at radius 1 is 0.929 bits per heavy atom. The summed E-state index contributed by atoms with van der Waals surface area (Å²) in [6, 6.07) is 19.9. The minimum absolute atomic E-state index is 0.0796. The number of hydrogen-bond acceptors (Lipinski definition) is 4. The molecule has 0 aliphatic heterocycles. The standard InChI is InChI=1S/C22H23NO4S/c1-18-9-11-21(12-10-18)28(25,26)15-13-22(24)23(17-20-8-5-14-27-20)16-19-6-3-2-4-7-19/h2-12,14H,13,15-17H2,1H3. The molecule has 0 N–H and O–H groups in total. The minimum Gasteiger partial charge on any atom is -0.467 e. The van der Waals surface area contributed by atoms with E-state index < -0.39 is 9.84 Å². The third-order valence-corrected chi connectivity index (χ3v) is 6.19. The van der Waals surface area contributed by atoms with Gasteiger partial charge in [0.05, 0.1) is 23.5 Å². The van der Waals surface area contributed by atoms with E-state index in [1.165, 1.54) is 0 Å². The largest absolute Gasteiger partial charge is 0.467 e. The lowest BCUT2D eigenvalue weighted by Gasteiger charge is -2.22. The van der Waals surface area contributed by atoms with Crippen LogP contribution >= 0.6 is 0 Å². The van der Waals surface area contributed by atoms with Gasteiger partial charge < -0.3 is 9.32 Å². The number of carbonyl (C=O) groups is 1. The molecular weight excluding hydrogens is 374 g/mol. The third-order valence-electron chi connectivity index (χ3n) is 4.46. The number of benzene rings is 2. The molecule has 0 saturated heterocycles. The van der Waals surface area contributed by atoms with Crippen LogP contribution in [0.15, 0.2) is 82.3 Å². The topological polar surface area (TPSA) is 67.6 Å². The molecule has 0 aliphatic carbocycles. The molecule has 0 spiro atoms.